The smallest absolute Gasteiger partial charge is 0.399 e. The largest absolute Gasteiger partial charge is 0.494 e. The molecule has 2 aliphatic heterocycles. The van der Waals surface area contributed by atoms with Crippen LogP contribution in [0, 0.1) is 0 Å². The first kappa shape index (κ1) is 17.8. The minimum absolute atomic E-state index is 0. The van der Waals surface area contributed by atoms with E-state index < -0.39 is 0 Å². The predicted octanol–water partition coefficient (Wildman–Crippen LogP) is 1.64. The number of piperazine rings is 1. The van der Waals surface area contributed by atoms with E-state index in [0.717, 1.165) is 25.1 Å². The molecule has 0 bridgehead atoms. The fraction of sp³-hybridized carbons (Fsp3) is 0.625. The highest BCUT2D eigenvalue weighted by Crippen LogP contribution is 2.36. The third-order valence-electron chi connectivity index (χ3n) is 4.91. The van der Waals surface area contributed by atoms with Crippen molar-refractivity contribution in [3.05, 3.63) is 29.8 Å². The molecule has 2 saturated heterocycles. The Morgan fingerprint density at radius 1 is 1.00 bits per heavy atom. The third kappa shape index (κ3) is 3.34. The van der Waals surface area contributed by atoms with E-state index in [1.54, 1.807) is 0 Å². The molecule has 0 aromatic heterocycles. The SMILES string of the molecule is CC1(C)OB(c2ccc(C3CNCCN3)cc2)OC1(C)C.Cl. The van der Waals surface area contributed by atoms with Crippen molar-refractivity contribution < 1.29 is 9.31 Å². The summed E-state index contributed by atoms with van der Waals surface area (Å²) in [6.45, 7) is 11.4. The maximum absolute atomic E-state index is 6.09. The van der Waals surface area contributed by atoms with Gasteiger partial charge in [-0.2, -0.15) is 0 Å². The van der Waals surface area contributed by atoms with Crippen LogP contribution in [0.3, 0.4) is 0 Å². The molecular weight excluding hydrogens is 298 g/mol. The lowest BCUT2D eigenvalue weighted by Gasteiger charge is -2.32. The van der Waals surface area contributed by atoms with Gasteiger partial charge >= 0.3 is 7.12 Å². The van der Waals surface area contributed by atoms with Crippen LogP contribution in [0.2, 0.25) is 0 Å². The molecule has 2 heterocycles. The summed E-state index contributed by atoms with van der Waals surface area (Å²) in [5.74, 6) is 0. The predicted molar refractivity (Wildman–Crippen MR) is 93.0 cm³/mol. The summed E-state index contributed by atoms with van der Waals surface area (Å²) in [5.41, 5.74) is 1.82. The van der Waals surface area contributed by atoms with Crippen LogP contribution in [0.25, 0.3) is 0 Å². The molecule has 0 aliphatic carbocycles. The first-order chi connectivity index (χ1) is 9.89. The molecule has 2 fully saturated rings. The Labute approximate surface area is 139 Å². The van der Waals surface area contributed by atoms with Crippen molar-refractivity contribution in [3.8, 4) is 0 Å². The molecule has 4 nitrogen and oxygen atoms in total. The summed E-state index contributed by atoms with van der Waals surface area (Å²) in [5, 5.41) is 6.94. The van der Waals surface area contributed by atoms with Crippen LogP contribution in [0.15, 0.2) is 24.3 Å². The summed E-state index contributed by atoms with van der Waals surface area (Å²) in [7, 11) is -0.276. The van der Waals surface area contributed by atoms with Crippen LogP contribution >= 0.6 is 12.4 Å². The van der Waals surface area contributed by atoms with Crippen LogP contribution in [-0.4, -0.2) is 38.0 Å². The molecule has 1 atom stereocenters. The highest BCUT2D eigenvalue weighted by atomic mass is 35.5. The average molecular weight is 325 g/mol. The highest BCUT2D eigenvalue weighted by Gasteiger charge is 2.51. The summed E-state index contributed by atoms with van der Waals surface area (Å²) in [6.07, 6.45) is 0. The number of hydrogen-bond acceptors (Lipinski definition) is 4. The van der Waals surface area contributed by atoms with Gasteiger partial charge in [-0.25, -0.2) is 0 Å². The fourth-order valence-corrected chi connectivity index (χ4v) is 2.75. The van der Waals surface area contributed by atoms with Gasteiger partial charge in [0.05, 0.1) is 11.2 Å². The number of benzene rings is 1. The van der Waals surface area contributed by atoms with E-state index in [4.69, 9.17) is 9.31 Å². The van der Waals surface area contributed by atoms with Crippen LogP contribution < -0.4 is 16.1 Å². The first-order valence-corrected chi connectivity index (χ1v) is 7.79. The normalized spacial score (nSPS) is 26.5. The van der Waals surface area contributed by atoms with Gasteiger partial charge in [0.15, 0.2) is 0 Å². The monoisotopic (exact) mass is 324 g/mol. The summed E-state index contributed by atoms with van der Waals surface area (Å²) in [4.78, 5) is 0. The van der Waals surface area contributed by atoms with Gasteiger partial charge in [0.2, 0.25) is 0 Å². The fourth-order valence-electron chi connectivity index (χ4n) is 2.75. The molecule has 3 rings (SSSR count). The zero-order valence-electron chi connectivity index (χ0n) is 13.8. The average Bonchev–Trinajstić information content (AvgIpc) is 2.69. The van der Waals surface area contributed by atoms with Gasteiger partial charge in [0.1, 0.15) is 0 Å². The Morgan fingerprint density at radius 2 is 1.59 bits per heavy atom. The number of hydrogen-bond donors (Lipinski definition) is 2. The second-order valence-electron chi connectivity index (χ2n) is 6.97. The molecule has 0 saturated carbocycles. The van der Waals surface area contributed by atoms with Gasteiger partial charge in [0.25, 0.3) is 0 Å². The molecule has 0 radical (unpaired) electrons. The molecule has 1 aromatic rings. The van der Waals surface area contributed by atoms with Crippen LogP contribution in [0.1, 0.15) is 39.3 Å². The van der Waals surface area contributed by atoms with Crippen molar-refractivity contribution in [1.29, 1.82) is 0 Å². The number of nitrogens with one attached hydrogen (secondary N) is 2. The van der Waals surface area contributed by atoms with Crippen molar-refractivity contribution in [2.45, 2.75) is 44.9 Å². The molecule has 0 spiro atoms. The molecule has 1 aromatic carbocycles. The lowest BCUT2D eigenvalue weighted by molar-refractivity contribution is 0.00578. The van der Waals surface area contributed by atoms with Crippen LogP contribution in [0.4, 0.5) is 0 Å². The van der Waals surface area contributed by atoms with Gasteiger partial charge in [0, 0.05) is 25.7 Å². The van der Waals surface area contributed by atoms with Gasteiger partial charge in [-0.15, -0.1) is 12.4 Å². The molecule has 2 N–H and O–H groups in total. The topological polar surface area (TPSA) is 42.5 Å². The molecule has 1 unspecified atom stereocenters. The van der Waals surface area contributed by atoms with Crippen molar-refractivity contribution in [3.63, 3.8) is 0 Å². The molecule has 0 amide bonds. The van der Waals surface area contributed by atoms with Crippen molar-refractivity contribution >= 4 is 25.0 Å². The lowest BCUT2D eigenvalue weighted by atomic mass is 9.78. The highest BCUT2D eigenvalue weighted by molar-refractivity contribution is 6.62. The van der Waals surface area contributed by atoms with Crippen molar-refractivity contribution in [1.82, 2.24) is 10.6 Å². The van der Waals surface area contributed by atoms with Gasteiger partial charge in [-0.05, 0) is 38.7 Å². The van der Waals surface area contributed by atoms with E-state index in [9.17, 15) is 0 Å². The maximum atomic E-state index is 6.09. The summed E-state index contributed by atoms with van der Waals surface area (Å²) in [6, 6.07) is 8.98. The zero-order chi connectivity index (χ0) is 15.1. The van der Waals surface area contributed by atoms with Crippen molar-refractivity contribution in [2.24, 2.45) is 0 Å². The molecular formula is C16H26BClN2O2. The summed E-state index contributed by atoms with van der Waals surface area (Å²) >= 11 is 0. The lowest BCUT2D eigenvalue weighted by Crippen LogP contribution is -2.42. The summed E-state index contributed by atoms with van der Waals surface area (Å²) < 4.78 is 12.2. The second kappa shape index (κ2) is 6.50. The minimum Gasteiger partial charge on any atom is -0.399 e. The van der Waals surface area contributed by atoms with Gasteiger partial charge in [-0.3, -0.25) is 0 Å². The molecule has 2 aliphatic rings. The molecule has 22 heavy (non-hydrogen) atoms. The van der Waals surface area contributed by atoms with E-state index in [2.05, 4.69) is 62.6 Å². The van der Waals surface area contributed by atoms with Crippen LogP contribution in [0.5, 0.6) is 0 Å². The van der Waals surface area contributed by atoms with E-state index in [0.29, 0.717) is 6.04 Å². The Balaban J connectivity index is 0.00000176. The molecule has 122 valence electrons. The van der Waals surface area contributed by atoms with Crippen LogP contribution in [-0.2, 0) is 9.31 Å². The Hall–Kier alpha value is -0.585. The van der Waals surface area contributed by atoms with Gasteiger partial charge in [-0.1, -0.05) is 24.3 Å². The van der Waals surface area contributed by atoms with E-state index in [1.165, 1.54) is 5.56 Å². The molecule has 6 heteroatoms. The third-order valence-corrected chi connectivity index (χ3v) is 4.91. The number of halogens is 1. The van der Waals surface area contributed by atoms with E-state index in [1.807, 2.05) is 0 Å². The maximum Gasteiger partial charge on any atom is 0.494 e. The van der Waals surface area contributed by atoms with E-state index >= 15 is 0 Å². The first-order valence-electron chi connectivity index (χ1n) is 7.79. The number of rotatable bonds is 2. The Kier molecular flexibility index (Phi) is 5.25. The Bertz CT molecular complexity index is 485. The van der Waals surface area contributed by atoms with E-state index in [-0.39, 0.29) is 30.7 Å². The standard InChI is InChI=1S/C16H25BN2O2.ClH/c1-15(2)16(3,4)21-17(20-15)13-7-5-12(6-8-13)14-11-18-9-10-19-14;/h5-8,14,18-19H,9-11H2,1-4H3;1H. The van der Waals surface area contributed by atoms with Crippen molar-refractivity contribution in [2.75, 3.05) is 19.6 Å². The van der Waals surface area contributed by atoms with Gasteiger partial charge < -0.3 is 19.9 Å². The quantitative estimate of drug-likeness (QED) is 0.812. The second-order valence-corrected chi connectivity index (χ2v) is 6.97. The zero-order valence-corrected chi connectivity index (χ0v) is 14.6. The Morgan fingerprint density at radius 3 is 2.09 bits per heavy atom. The minimum atomic E-state index is -0.287.